The number of fused-ring (bicyclic) bond motifs is 2. The van der Waals surface area contributed by atoms with Crippen LogP contribution < -0.4 is 10.4 Å². The molecule has 25 heavy (non-hydrogen) atoms. The third-order valence-corrected chi connectivity index (χ3v) is 4.96. The van der Waals surface area contributed by atoms with Crippen LogP contribution in [0, 0.1) is 11.8 Å². The molecule has 2 heterocycles. The summed E-state index contributed by atoms with van der Waals surface area (Å²) in [6.07, 6.45) is 5.10. The van der Waals surface area contributed by atoms with Crippen molar-refractivity contribution in [2.24, 2.45) is 11.8 Å². The van der Waals surface area contributed by atoms with Crippen molar-refractivity contribution < 1.29 is 18.7 Å². The minimum atomic E-state index is -0.520. The molecule has 1 aliphatic heterocycles. The Morgan fingerprint density at radius 3 is 2.40 bits per heavy atom. The molecule has 6 nitrogen and oxygen atoms in total. The number of amides is 2. The lowest BCUT2D eigenvalue weighted by Gasteiger charge is -2.16. The van der Waals surface area contributed by atoms with Gasteiger partial charge < -0.3 is 9.15 Å². The van der Waals surface area contributed by atoms with E-state index in [4.69, 9.17) is 9.15 Å². The summed E-state index contributed by atoms with van der Waals surface area (Å²) in [5.41, 5.74) is 0.455. The molecule has 2 atom stereocenters. The molecule has 1 aliphatic carbocycles. The Labute approximate surface area is 143 Å². The molecule has 1 saturated heterocycles. The topological polar surface area (TPSA) is 76.8 Å². The van der Waals surface area contributed by atoms with Gasteiger partial charge in [0.25, 0.3) is 0 Å². The lowest BCUT2D eigenvalue weighted by Crippen LogP contribution is -2.31. The van der Waals surface area contributed by atoms with E-state index >= 15 is 0 Å². The maximum Gasteiger partial charge on any atom is 0.336 e. The number of nitrogens with zero attached hydrogens (tertiary/aromatic N) is 1. The van der Waals surface area contributed by atoms with Crippen LogP contribution in [0.5, 0.6) is 5.75 Å². The predicted molar refractivity (Wildman–Crippen MR) is 89.9 cm³/mol. The van der Waals surface area contributed by atoms with Crippen LogP contribution in [0.15, 0.2) is 45.6 Å². The highest BCUT2D eigenvalue weighted by molar-refractivity contribution is 6.05. The van der Waals surface area contributed by atoms with Gasteiger partial charge in [0, 0.05) is 17.5 Å². The van der Waals surface area contributed by atoms with Gasteiger partial charge in [0.1, 0.15) is 11.3 Å². The number of benzene rings is 1. The van der Waals surface area contributed by atoms with E-state index < -0.39 is 5.63 Å². The average Bonchev–Trinajstić information content (AvgIpc) is 2.86. The fraction of sp³-hybridized carbons (Fsp3) is 0.316. The van der Waals surface area contributed by atoms with Crippen LogP contribution in [-0.2, 0) is 16.1 Å². The molecule has 1 aromatic carbocycles. The van der Waals surface area contributed by atoms with Crippen molar-refractivity contribution >= 4 is 22.8 Å². The van der Waals surface area contributed by atoms with Crippen molar-refractivity contribution in [1.82, 2.24) is 4.90 Å². The fourth-order valence-corrected chi connectivity index (χ4v) is 3.66. The second-order valence-corrected chi connectivity index (χ2v) is 6.37. The number of likely N-dealkylation sites (tertiary alicyclic amines) is 1. The number of allylic oxidation sites excluding steroid dienone is 2. The summed E-state index contributed by atoms with van der Waals surface area (Å²) in [6.45, 7) is 0.0824. The first kappa shape index (κ1) is 15.6. The SMILES string of the molecule is COc1ccc2c(CN3C(=O)C4CC=CCC4C3=O)cc(=O)oc2c1. The maximum absolute atomic E-state index is 12.6. The summed E-state index contributed by atoms with van der Waals surface area (Å²) in [4.78, 5) is 38.4. The van der Waals surface area contributed by atoms with Crippen LogP contribution in [0.1, 0.15) is 18.4 Å². The molecule has 1 aromatic heterocycles. The molecule has 2 amide bonds. The first-order valence-electron chi connectivity index (χ1n) is 8.19. The van der Waals surface area contributed by atoms with Gasteiger partial charge in [-0.3, -0.25) is 14.5 Å². The monoisotopic (exact) mass is 339 g/mol. The first-order chi connectivity index (χ1) is 12.1. The second kappa shape index (κ2) is 5.88. The van der Waals surface area contributed by atoms with Crippen LogP contribution in [0.3, 0.4) is 0 Å². The van der Waals surface area contributed by atoms with Gasteiger partial charge in [0.15, 0.2) is 0 Å². The molecule has 128 valence electrons. The number of imide groups is 1. The van der Waals surface area contributed by atoms with Crippen LogP contribution >= 0.6 is 0 Å². The molecule has 1 fully saturated rings. The molecule has 6 heteroatoms. The van der Waals surface area contributed by atoms with Crippen molar-refractivity contribution in [3.05, 3.63) is 52.4 Å². The Kier molecular flexibility index (Phi) is 3.67. The largest absolute Gasteiger partial charge is 0.497 e. The quantitative estimate of drug-likeness (QED) is 0.487. The van der Waals surface area contributed by atoms with E-state index in [2.05, 4.69) is 0 Å². The molecule has 0 bridgehead atoms. The summed E-state index contributed by atoms with van der Waals surface area (Å²) in [5.74, 6) is -0.297. The number of hydrogen-bond donors (Lipinski definition) is 0. The summed E-state index contributed by atoms with van der Waals surface area (Å²) in [6, 6.07) is 6.49. The number of rotatable bonds is 3. The summed E-state index contributed by atoms with van der Waals surface area (Å²) >= 11 is 0. The Balaban J connectivity index is 1.72. The van der Waals surface area contributed by atoms with Crippen LogP contribution in [-0.4, -0.2) is 23.8 Å². The van der Waals surface area contributed by atoms with Crippen LogP contribution in [0.2, 0.25) is 0 Å². The third kappa shape index (κ3) is 2.54. The van der Waals surface area contributed by atoms with Gasteiger partial charge in [-0.2, -0.15) is 0 Å². The Bertz CT molecular complexity index is 932. The van der Waals surface area contributed by atoms with Crippen molar-refractivity contribution in [2.75, 3.05) is 7.11 Å². The minimum Gasteiger partial charge on any atom is -0.497 e. The number of methoxy groups -OCH3 is 1. The fourth-order valence-electron chi connectivity index (χ4n) is 3.66. The number of carbonyl (C=O) groups excluding carboxylic acids is 2. The van der Waals surface area contributed by atoms with Crippen molar-refractivity contribution in [3.8, 4) is 5.75 Å². The lowest BCUT2D eigenvalue weighted by molar-refractivity contribution is -0.140. The zero-order chi connectivity index (χ0) is 17.6. The lowest BCUT2D eigenvalue weighted by atomic mass is 9.85. The number of ether oxygens (including phenoxy) is 1. The highest BCUT2D eigenvalue weighted by Crippen LogP contribution is 2.36. The molecule has 4 rings (SSSR count). The highest BCUT2D eigenvalue weighted by atomic mass is 16.5. The first-order valence-corrected chi connectivity index (χ1v) is 8.19. The van der Waals surface area contributed by atoms with E-state index in [1.807, 2.05) is 12.2 Å². The maximum atomic E-state index is 12.6. The summed E-state index contributed by atoms with van der Waals surface area (Å²) < 4.78 is 10.4. The van der Waals surface area contributed by atoms with Crippen molar-refractivity contribution in [2.45, 2.75) is 19.4 Å². The van der Waals surface area contributed by atoms with Gasteiger partial charge >= 0.3 is 5.63 Å². The Hall–Kier alpha value is -2.89. The van der Waals surface area contributed by atoms with E-state index in [0.717, 1.165) is 0 Å². The minimum absolute atomic E-state index is 0.0824. The number of hydrogen-bond acceptors (Lipinski definition) is 5. The third-order valence-electron chi connectivity index (χ3n) is 4.96. The molecule has 0 spiro atoms. The summed E-state index contributed by atoms with van der Waals surface area (Å²) in [5, 5.41) is 0.689. The van der Waals surface area contributed by atoms with Gasteiger partial charge in [-0.25, -0.2) is 4.79 Å². The molecule has 2 aliphatic rings. The van der Waals surface area contributed by atoms with Gasteiger partial charge in [0.2, 0.25) is 11.8 Å². The van der Waals surface area contributed by atoms with E-state index in [1.165, 1.54) is 18.1 Å². The van der Waals surface area contributed by atoms with Gasteiger partial charge in [-0.1, -0.05) is 12.2 Å². The molecular formula is C19H17NO5. The van der Waals surface area contributed by atoms with Gasteiger partial charge in [-0.15, -0.1) is 0 Å². The summed E-state index contributed by atoms with van der Waals surface area (Å²) in [7, 11) is 1.53. The predicted octanol–water partition coefficient (Wildman–Crippen LogP) is 2.25. The van der Waals surface area contributed by atoms with Gasteiger partial charge in [-0.05, 0) is 30.5 Å². The van der Waals surface area contributed by atoms with E-state index in [-0.39, 0.29) is 30.2 Å². The molecule has 2 aromatic rings. The average molecular weight is 339 g/mol. The van der Waals surface area contributed by atoms with Crippen LogP contribution in [0.4, 0.5) is 0 Å². The van der Waals surface area contributed by atoms with E-state index in [9.17, 15) is 14.4 Å². The number of carbonyl (C=O) groups is 2. The molecule has 0 N–H and O–H groups in total. The van der Waals surface area contributed by atoms with Crippen molar-refractivity contribution in [1.29, 1.82) is 0 Å². The standard InChI is InChI=1S/C19H17NO5/c1-24-12-6-7-13-11(8-17(21)25-16(13)9-12)10-20-18(22)14-4-2-3-5-15(14)19(20)23/h2-3,6-9,14-15H,4-5,10H2,1H3. The Morgan fingerprint density at radius 2 is 1.76 bits per heavy atom. The second-order valence-electron chi connectivity index (χ2n) is 6.37. The van der Waals surface area contributed by atoms with Gasteiger partial charge in [0.05, 0.1) is 25.5 Å². The van der Waals surface area contributed by atoms with Crippen LogP contribution in [0.25, 0.3) is 11.0 Å². The molecule has 2 unspecified atom stereocenters. The zero-order valence-electron chi connectivity index (χ0n) is 13.7. The highest BCUT2D eigenvalue weighted by Gasteiger charge is 2.47. The van der Waals surface area contributed by atoms with E-state index in [1.54, 1.807) is 18.2 Å². The Morgan fingerprint density at radius 1 is 1.08 bits per heavy atom. The molecule has 0 radical (unpaired) electrons. The van der Waals surface area contributed by atoms with E-state index in [0.29, 0.717) is 35.1 Å². The molecular weight excluding hydrogens is 322 g/mol. The van der Waals surface area contributed by atoms with Crippen molar-refractivity contribution in [3.63, 3.8) is 0 Å². The molecule has 0 saturated carbocycles. The smallest absolute Gasteiger partial charge is 0.336 e. The normalized spacial score (nSPS) is 22.5. The zero-order valence-corrected chi connectivity index (χ0v) is 13.7.